The number of amides is 1. The minimum absolute atomic E-state index is 0.0835. The van der Waals surface area contributed by atoms with Gasteiger partial charge in [-0.3, -0.25) is 4.79 Å². The van der Waals surface area contributed by atoms with Gasteiger partial charge < -0.3 is 23.8 Å². The first-order chi connectivity index (χ1) is 21.5. The van der Waals surface area contributed by atoms with Gasteiger partial charge in [-0.25, -0.2) is 4.79 Å². The lowest BCUT2D eigenvalue weighted by molar-refractivity contribution is -0.164. The van der Waals surface area contributed by atoms with Crippen LogP contribution < -0.4 is 14.2 Å². The number of methoxy groups -OCH3 is 2. The Morgan fingerprint density at radius 3 is 2.43 bits per heavy atom. The van der Waals surface area contributed by atoms with Gasteiger partial charge >= 0.3 is 5.97 Å². The summed E-state index contributed by atoms with van der Waals surface area (Å²) in [6.07, 6.45) is 13.0. The molecule has 7 heteroatoms. The Balaban J connectivity index is 1.55. The fourth-order valence-corrected chi connectivity index (χ4v) is 6.67. The summed E-state index contributed by atoms with van der Waals surface area (Å²) in [5, 5.41) is 0. The highest BCUT2D eigenvalue weighted by molar-refractivity contribution is 5.86. The average molecular weight is 604 g/mol. The average Bonchev–Trinajstić information content (AvgIpc) is 3.08. The van der Waals surface area contributed by atoms with Crippen LogP contribution in [0.3, 0.4) is 0 Å². The zero-order valence-corrected chi connectivity index (χ0v) is 26.5. The molecule has 1 amide bonds. The predicted octanol–water partition coefficient (Wildman–Crippen LogP) is 7.64. The number of allylic oxidation sites excluding steroid dienone is 1. The summed E-state index contributed by atoms with van der Waals surface area (Å²) in [4.78, 5) is 29.9. The molecule has 0 N–H and O–H groups in total. The van der Waals surface area contributed by atoms with E-state index in [2.05, 4.69) is 13.2 Å². The molecule has 0 spiro atoms. The second-order valence-electron chi connectivity index (χ2n) is 11.9. The van der Waals surface area contributed by atoms with Crippen LogP contribution in [0.25, 0.3) is 0 Å². The fourth-order valence-electron chi connectivity index (χ4n) is 6.67. The molecule has 1 aliphatic heterocycles. The third-order valence-electron chi connectivity index (χ3n) is 9.01. The van der Waals surface area contributed by atoms with Crippen molar-refractivity contribution in [3.8, 4) is 17.2 Å². The fraction of sp³-hybridized carbons (Fsp3) is 0.514. The van der Waals surface area contributed by atoms with Crippen LogP contribution in [0.1, 0.15) is 81.4 Å². The van der Waals surface area contributed by atoms with E-state index in [0.717, 1.165) is 49.7 Å². The summed E-state index contributed by atoms with van der Waals surface area (Å²) in [6.45, 7) is 8.65. The third kappa shape index (κ3) is 8.67. The van der Waals surface area contributed by atoms with Crippen LogP contribution in [-0.2, 0) is 20.7 Å². The van der Waals surface area contributed by atoms with Crippen molar-refractivity contribution < 1.29 is 28.5 Å². The molecule has 7 nitrogen and oxygen atoms in total. The first-order valence-electron chi connectivity index (χ1n) is 16.2. The van der Waals surface area contributed by atoms with E-state index in [-0.39, 0.29) is 17.8 Å². The van der Waals surface area contributed by atoms with Crippen LogP contribution in [0.2, 0.25) is 0 Å². The lowest BCUT2D eigenvalue weighted by Gasteiger charge is -2.39. The zero-order valence-electron chi connectivity index (χ0n) is 26.5. The second-order valence-corrected chi connectivity index (χ2v) is 11.9. The number of hydrogen-bond donors (Lipinski definition) is 0. The molecule has 0 unspecified atom stereocenters. The van der Waals surface area contributed by atoms with Gasteiger partial charge in [0.25, 0.3) is 0 Å². The highest BCUT2D eigenvalue weighted by Gasteiger charge is 2.39. The smallest absolute Gasteiger partial charge is 0.329 e. The van der Waals surface area contributed by atoms with E-state index in [4.69, 9.17) is 18.9 Å². The molecule has 0 radical (unpaired) electrons. The molecular formula is C37H49NO6. The quantitative estimate of drug-likeness (QED) is 0.154. The largest absolute Gasteiger partial charge is 0.493 e. The number of ether oxygens (including phenoxy) is 4. The first-order valence-corrected chi connectivity index (χ1v) is 16.2. The lowest BCUT2D eigenvalue weighted by Crippen LogP contribution is -2.52. The minimum Gasteiger partial charge on any atom is -0.493 e. The number of esters is 1. The summed E-state index contributed by atoms with van der Waals surface area (Å²) in [5.74, 6) is 1.97. The molecule has 1 saturated heterocycles. The lowest BCUT2D eigenvalue weighted by atomic mass is 9.77. The number of benzene rings is 2. The predicted molar refractivity (Wildman–Crippen MR) is 173 cm³/mol. The van der Waals surface area contributed by atoms with Crippen LogP contribution >= 0.6 is 0 Å². The van der Waals surface area contributed by atoms with Crippen LogP contribution in [0.5, 0.6) is 17.2 Å². The molecule has 2 aliphatic rings. The van der Waals surface area contributed by atoms with Gasteiger partial charge in [0.1, 0.15) is 24.5 Å². The van der Waals surface area contributed by atoms with Gasteiger partial charge in [-0.1, -0.05) is 56.2 Å². The Hall–Kier alpha value is -3.74. The monoisotopic (exact) mass is 603 g/mol. The van der Waals surface area contributed by atoms with Crippen molar-refractivity contribution in [2.45, 2.75) is 82.8 Å². The van der Waals surface area contributed by atoms with Gasteiger partial charge in [0.15, 0.2) is 11.5 Å². The topological polar surface area (TPSA) is 74.3 Å². The number of likely N-dealkylation sites (tertiary alicyclic amines) is 1. The van der Waals surface area contributed by atoms with Gasteiger partial charge in [0.05, 0.1) is 14.2 Å². The number of carbonyl (C=O) groups is 2. The van der Waals surface area contributed by atoms with Gasteiger partial charge in [0.2, 0.25) is 5.91 Å². The molecule has 0 bridgehead atoms. The van der Waals surface area contributed by atoms with E-state index in [1.165, 1.54) is 6.42 Å². The SMILES string of the molecule is C=CCOc1cccc([C@H](CCc2ccc(OC)c(OC)c2)OC(=O)[C@H]2CCCCN2C(=O)[C@H](CC=C)C2CCCCC2)c1. The zero-order chi connectivity index (χ0) is 31.3. The van der Waals surface area contributed by atoms with E-state index in [0.29, 0.717) is 62.0 Å². The standard InChI is InChI=1S/C37H49NO6/c1-5-13-31(28-14-8-7-9-15-28)36(39)38-23-11-10-18-32(38)37(40)44-33(29-16-12-17-30(26-29)43-24-6-2)21-19-27-20-22-34(41-3)35(25-27)42-4/h5-6,12,16-17,20,22,25-26,28,31-33H,1-2,7-11,13-15,18-19,21,23-24H2,3-4H3/t31-,32-,33+/m1/s1. The molecule has 2 aromatic carbocycles. The van der Waals surface area contributed by atoms with Crippen molar-refractivity contribution in [2.75, 3.05) is 27.4 Å². The van der Waals surface area contributed by atoms with Crippen molar-refractivity contribution >= 4 is 11.9 Å². The highest BCUT2D eigenvalue weighted by Crippen LogP contribution is 2.36. The summed E-state index contributed by atoms with van der Waals surface area (Å²) >= 11 is 0. The van der Waals surface area contributed by atoms with E-state index in [1.54, 1.807) is 20.3 Å². The Morgan fingerprint density at radius 1 is 0.932 bits per heavy atom. The Kier molecular flexibility index (Phi) is 12.8. The third-order valence-corrected chi connectivity index (χ3v) is 9.01. The van der Waals surface area contributed by atoms with Crippen molar-refractivity contribution in [1.82, 2.24) is 4.90 Å². The van der Waals surface area contributed by atoms with Gasteiger partial charge in [-0.2, -0.15) is 0 Å². The Bertz CT molecular complexity index is 1250. The highest BCUT2D eigenvalue weighted by atomic mass is 16.5. The summed E-state index contributed by atoms with van der Waals surface area (Å²) in [5.41, 5.74) is 1.89. The maximum absolute atomic E-state index is 14.1. The summed E-state index contributed by atoms with van der Waals surface area (Å²) in [6, 6.07) is 12.9. The second kappa shape index (κ2) is 16.9. The minimum atomic E-state index is -0.587. The van der Waals surface area contributed by atoms with Gasteiger partial charge in [-0.05, 0) is 92.7 Å². The maximum atomic E-state index is 14.1. The molecular weight excluding hydrogens is 554 g/mol. The molecule has 0 aromatic heterocycles. The number of hydrogen-bond acceptors (Lipinski definition) is 6. The summed E-state index contributed by atoms with van der Waals surface area (Å²) in [7, 11) is 3.23. The van der Waals surface area contributed by atoms with Crippen LogP contribution in [0, 0.1) is 11.8 Å². The van der Waals surface area contributed by atoms with Gasteiger partial charge in [0, 0.05) is 12.5 Å². The van der Waals surface area contributed by atoms with Crippen LogP contribution in [-0.4, -0.2) is 50.2 Å². The van der Waals surface area contributed by atoms with Crippen molar-refractivity contribution in [1.29, 1.82) is 0 Å². The van der Waals surface area contributed by atoms with Gasteiger partial charge in [-0.15, -0.1) is 6.58 Å². The van der Waals surface area contributed by atoms with Crippen molar-refractivity contribution in [2.24, 2.45) is 11.8 Å². The number of rotatable bonds is 15. The van der Waals surface area contributed by atoms with Crippen LogP contribution in [0.15, 0.2) is 67.8 Å². The van der Waals surface area contributed by atoms with Crippen molar-refractivity contribution in [3.05, 3.63) is 78.9 Å². The molecule has 4 rings (SSSR count). The number of nitrogens with zero attached hydrogens (tertiary/aromatic N) is 1. The Labute approximate surface area is 263 Å². The number of aryl methyl sites for hydroxylation is 1. The molecule has 2 aromatic rings. The van der Waals surface area contributed by atoms with Crippen LogP contribution in [0.4, 0.5) is 0 Å². The molecule has 1 saturated carbocycles. The molecule has 44 heavy (non-hydrogen) atoms. The normalized spacial score (nSPS) is 18.5. The van der Waals surface area contributed by atoms with E-state index in [1.807, 2.05) is 53.4 Å². The molecule has 238 valence electrons. The molecule has 2 fully saturated rings. The van der Waals surface area contributed by atoms with Crippen molar-refractivity contribution in [3.63, 3.8) is 0 Å². The van der Waals surface area contributed by atoms with E-state index in [9.17, 15) is 9.59 Å². The maximum Gasteiger partial charge on any atom is 0.329 e. The van der Waals surface area contributed by atoms with E-state index >= 15 is 0 Å². The van der Waals surface area contributed by atoms with E-state index < -0.39 is 12.1 Å². The summed E-state index contributed by atoms with van der Waals surface area (Å²) < 4.78 is 23.0. The number of piperidine rings is 1. The first kappa shape index (κ1) is 33.2. The number of carbonyl (C=O) groups excluding carboxylic acids is 2. The molecule has 3 atom stereocenters. The molecule has 1 aliphatic carbocycles. The molecule has 1 heterocycles. The Morgan fingerprint density at radius 2 is 1.70 bits per heavy atom.